The van der Waals surface area contributed by atoms with Crippen LogP contribution in [-0.4, -0.2) is 33.5 Å². The van der Waals surface area contributed by atoms with Crippen LogP contribution in [0.4, 0.5) is 0 Å². The van der Waals surface area contributed by atoms with Gasteiger partial charge in [-0.2, -0.15) is 0 Å². The number of amides is 1. The van der Waals surface area contributed by atoms with Crippen LogP contribution in [0.5, 0.6) is 0 Å². The zero-order chi connectivity index (χ0) is 15.4. The molecule has 114 valence electrons. The molecule has 1 heterocycles. The van der Waals surface area contributed by atoms with Gasteiger partial charge in [0.25, 0.3) is 5.56 Å². The molecule has 1 aromatic rings. The molecular weight excluding hydrogens is 278 g/mol. The average Bonchev–Trinajstić information content (AvgIpc) is 2.83. The molecule has 0 aromatic carbocycles. The lowest BCUT2D eigenvalue weighted by Crippen LogP contribution is -2.34. The number of aliphatic carboxylic acids is 1. The van der Waals surface area contributed by atoms with Crippen molar-refractivity contribution in [3.63, 3.8) is 0 Å². The first-order valence-corrected chi connectivity index (χ1v) is 6.77. The highest BCUT2D eigenvalue weighted by atomic mass is 16.4. The quantitative estimate of drug-likeness (QED) is 0.566. The van der Waals surface area contributed by atoms with E-state index in [1.165, 1.54) is 0 Å². The van der Waals surface area contributed by atoms with E-state index in [-0.39, 0.29) is 23.9 Å². The number of nitrogens with one attached hydrogen (secondary N) is 3. The van der Waals surface area contributed by atoms with Crippen molar-refractivity contribution in [2.45, 2.75) is 25.7 Å². The lowest BCUT2D eigenvalue weighted by molar-refractivity contribution is -0.143. The van der Waals surface area contributed by atoms with E-state index in [4.69, 9.17) is 5.11 Å². The fraction of sp³-hybridized carbons (Fsp3) is 0.538. The molecule has 8 heteroatoms. The highest BCUT2D eigenvalue weighted by molar-refractivity contribution is 5.78. The summed E-state index contributed by atoms with van der Waals surface area (Å²) in [5, 5.41) is 11.7. The summed E-state index contributed by atoms with van der Waals surface area (Å²) in [4.78, 5) is 49.4. The van der Waals surface area contributed by atoms with Gasteiger partial charge in [-0.1, -0.05) is 6.42 Å². The molecule has 0 spiro atoms. The van der Waals surface area contributed by atoms with Gasteiger partial charge in [-0.05, 0) is 18.8 Å². The Hall–Kier alpha value is -2.38. The third-order valence-electron chi connectivity index (χ3n) is 3.70. The summed E-state index contributed by atoms with van der Waals surface area (Å²) in [6, 6.07) is 1.15. The van der Waals surface area contributed by atoms with Crippen LogP contribution in [0.1, 0.15) is 25.0 Å². The lowest BCUT2D eigenvalue weighted by atomic mass is 9.96. The molecule has 21 heavy (non-hydrogen) atoms. The van der Waals surface area contributed by atoms with Crippen molar-refractivity contribution in [2.24, 2.45) is 11.8 Å². The SMILES string of the molecule is O=C(Cc1cc(=O)[nH]c(=O)[nH]1)NCC1CCCC1C(=O)O. The minimum Gasteiger partial charge on any atom is -0.481 e. The van der Waals surface area contributed by atoms with Gasteiger partial charge in [0, 0.05) is 18.3 Å². The molecule has 4 N–H and O–H groups in total. The number of hydrogen-bond acceptors (Lipinski definition) is 4. The lowest BCUT2D eigenvalue weighted by Gasteiger charge is -2.16. The standard InChI is InChI=1S/C13H17N3O5/c17-10(4-8-5-11(18)16-13(21)15-8)14-6-7-2-1-3-9(7)12(19)20/h5,7,9H,1-4,6H2,(H,14,17)(H,19,20)(H2,15,16,18,21). The maximum absolute atomic E-state index is 11.8. The number of carbonyl (C=O) groups is 2. The van der Waals surface area contributed by atoms with E-state index in [2.05, 4.69) is 10.3 Å². The number of carbonyl (C=O) groups excluding carboxylic acids is 1. The second kappa shape index (κ2) is 6.38. The van der Waals surface area contributed by atoms with E-state index >= 15 is 0 Å². The maximum Gasteiger partial charge on any atom is 0.325 e. The van der Waals surface area contributed by atoms with Crippen molar-refractivity contribution in [3.8, 4) is 0 Å². The molecule has 0 radical (unpaired) electrons. The van der Waals surface area contributed by atoms with Crippen LogP contribution < -0.4 is 16.6 Å². The zero-order valence-corrected chi connectivity index (χ0v) is 11.3. The Labute approximate surface area is 119 Å². The minimum atomic E-state index is -0.828. The minimum absolute atomic E-state index is 0.0651. The molecule has 2 rings (SSSR count). The molecule has 0 saturated heterocycles. The van der Waals surface area contributed by atoms with Crippen LogP contribution in [-0.2, 0) is 16.0 Å². The van der Waals surface area contributed by atoms with Gasteiger partial charge < -0.3 is 15.4 Å². The summed E-state index contributed by atoms with van der Waals surface area (Å²) in [6.07, 6.45) is 2.14. The van der Waals surface area contributed by atoms with Crippen LogP contribution in [0.3, 0.4) is 0 Å². The highest BCUT2D eigenvalue weighted by Gasteiger charge is 2.32. The fourth-order valence-electron chi connectivity index (χ4n) is 2.70. The van der Waals surface area contributed by atoms with Crippen molar-refractivity contribution in [3.05, 3.63) is 32.6 Å². The summed E-state index contributed by atoms with van der Waals surface area (Å²) >= 11 is 0. The molecule has 1 fully saturated rings. The summed E-state index contributed by atoms with van der Waals surface area (Å²) in [5.41, 5.74) is -1.00. The molecule has 0 bridgehead atoms. The first-order valence-electron chi connectivity index (χ1n) is 6.77. The molecule has 2 unspecified atom stereocenters. The Morgan fingerprint density at radius 3 is 2.71 bits per heavy atom. The van der Waals surface area contributed by atoms with Crippen molar-refractivity contribution in [1.82, 2.24) is 15.3 Å². The van der Waals surface area contributed by atoms with Crippen LogP contribution in [0, 0.1) is 11.8 Å². The van der Waals surface area contributed by atoms with Crippen LogP contribution in [0.25, 0.3) is 0 Å². The van der Waals surface area contributed by atoms with Gasteiger partial charge in [0.1, 0.15) is 0 Å². The van der Waals surface area contributed by atoms with Gasteiger partial charge in [0.05, 0.1) is 12.3 Å². The van der Waals surface area contributed by atoms with Crippen LogP contribution in [0.15, 0.2) is 15.7 Å². The molecule has 1 aliphatic carbocycles. The number of aromatic amines is 2. The Morgan fingerprint density at radius 1 is 1.29 bits per heavy atom. The van der Waals surface area contributed by atoms with Gasteiger partial charge in [-0.15, -0.1) is 0 Å². The average molecular weight is 295 g/mol. The molecule has 1 aliphatic rings. The van der Waals surface area contributed by atoms with E-state index in [0.29, 0.717) is 13.0 Å². The molecule has 1 amide bonds. The van der Waals surface area contributed by atoms with E-state index in [0.717, 1.165) is 18.9 Å². The van der Waals surface area contributed by atoms with E-state index < -0.39 is 23.1 Å². The topological polar surface area (TPSA) is 132 Å². The predicted molar refractivity (Wildman–Crippen MR) is 72.9 cm³/mol. The Morgan fingerprint density at radius 2 is 2.05 bits per heavy atom. The van der Waals surface area contributed by atoms with E-state index in [1.54, 1.807) is 0 Å². The normalized spacial score (nSPS) is 21.1. The molecule has 2 atom stereocenters. The van der Waals surface area contributed by atoms with Gasteiger partial charge in [-0.3, -0.25) is 19.4 Å². The largest absolute Gasteiger partial charge is 0.481 e. The van der Waals surface area contributed by atoms with Gasteiger partial charge in [0.2, 0.25) is 5.91 Å². The number of hydrogen-bond donors (Lipinski definition) is 4. The smallest absolute Gasteiger partial charge is 0.325 e. The third kappa shape index (κ3) is 4.04. The second-order valence-corrected chi connectivity index (χ2v) is 5.23. The van der Waals surface area contributed by atoms with Crippen molar-refractivity contribution in [2.75, 3.05) is 6.54 Å². The summed E-state index contributed by atoms with van der Waals surface area (Å²) in [6.45, 7) is 0.295. The second-order valence-electron chi connectivity index (χ2n) is 5.23. The molecular formula is C13H17N3O5. The Kier molecular flexibility index (Phi) is 4.56. The van der Waals surface area contributed by atoms with Crippen molar-refractivity contribution < 1.29 is 14.7 Å². The van der Waals surface area contributed by atoms with E-state index in [9.17, 15) is 19.2 Å². The summed E-state index contributed by atoms with van der Waals surface area (Å²) in [7, 11) is 0. The van der Waals surface area contributed by atoms with E-state index in [1.807, 2.05) is 4.98 Å². The zero-order valence-electron chi connectivity index (χ0n) is 11.3. The van der Waals surface area contributed by atoms with Gasteiger partial charge in [-0.25, -0.2) is 4.79 Å². The first-order chi connectivity index (χ1) is 9.95. The van der Waals surface area contributed by atoms with Crippen LogP contribution in [0.2, 0.25) is 0 Å². The molecule has 8 nitrogen and oxygen atoms in total. The maximum atomic E-state index is 11.8. The highest BCUT2D eigenvalue weighted by Crippen LogP contribution is 2.31. The van der Waals surface area contributed by atoms with Crippen molar-refractivity contribution in [1.29, 1.82) is 0 Å². The molecule has 0 aliphatic heterocycles. The Bertz CT molecular complexity index is 619. The number of rotatable bonds is 5. The summed E-state index contributed by atoms with van der Waals surface area (Å²) in [5.74, 6) is -1.66. The fourth-order valence-corrected chi connectivity index (χ4v) is 2.70. The number of aromatic nitrogens is 2. The summed E-state index contributed by atoms with van der Waals surface area (Å²) < 4.78 is 0. The van der Waals surface area contributed by atoms with Gasteiger partial charge >= 0.3 is 11.7 Å². The number of carboxylic acid groups (broad SMARTS) is 1. The third-order valence-corrected chi connectivity index (χ3v) is 3.70. The van der Waals surface area contributed by atoms with Crippen LogP contribution >= 0.6 is 0 Å². The van der Waals surface area contributed by atoms with Gasteiger partial charge in [0.15, 0.2) is 0 Å². The molecule has 1 aromatic heterocycles. The first kappa shape index (κ1) is 15.0. The number of H-pyrrole nitrogens is 2. The monoisotopic (exact) mass is 295 g/mol. The Balaban J connectivity index is 1.89. The number of carboxylic acids is 1. The predicted octanol–water partition coefficient (Wildman–Crippen LogP) is -0.777. The van der Waals surface area contributed by atoms with Crippen molar-refractivity contribution >= 4 is 11.9 Å². The molecule has 1 saturated carbocycles.